The van der Waals surface area contributed by atoms with Crippen molar-refractivity contribution in [2.45, 2.75) is 13.8 Å². The monoisotopic (exact) mass is 290 g/mol. The van der Waals surface area contributed by atoms with Crippen molar-refractivity contribution in [2.24, 2.45) is 0 Å². The summed E-state index contributed by atoms with van der Waals surface area (Å²) >= 11 is 5.75. The molecule has 1 amide bonds. The molecule has 1 aromatic heterocycles. The molecule has 4 nitrogen and oxygen atoms in total. The molecule has 1 heterocycles. The maximum atomic E-state index is 11.8. The van der Waals surface area contributed by atoms with E-state index < -0.39 is 0 Å². The lowest BCUT2D eigenvalue weighted by molar-refractivity contribution is -0.118. The van der Waals surface area contributed by atoms with Gasteiger partial charge in [-0.2, -0.15) is 0 Å². The second kappa shape index (κ2) is 6.39. The van der Waals surface area contributed by atoms with E-state index >= 15 is 0 Å². The van der Waals surface area contributed by atoms with E-state index in [4.69, 9.17) is 16.3 Å². The van der Waals surface area contributed by atoms with Crippen LogP contribution in [0.2, 0.25) is 5.15 Å². The van der Waals surface area contributed by atoms with Gasteiger partial charge in [0.2, 0.25) is 0 Å². The van der Waals surface area contributed by atoms with E-state index in [0.717, 1.165) is 11.1 Å². The molecule has 1 aromatic carbocycles. The van der Waals surface area contributed by atoms with Gasteiger partial charge in [0.1, 0.15) is 16.7 Å². The molecule has 0 saturated heterocycles. The first kappa shape index (κ1) is 14.3. The van der Waals surface area contributed by atoms with Crippen LogP contribution in [0.5, 0.6) is 5.75 Å². The Labute approximate surface area is 122 Å². The van der Waals surface area contributed by atoms with E-state index in [2.05, 4.69) is 10.3 Å². The van der Waals surface area contributed by atoms with Crippen LogP contribution in [0.1, 0.15) is 11.1 Å². The van der Waals surface area contributed by atoms with Crippen LogP contribution in [0, 0.1) is 13.8 Å². The van der Waals surface area contributed by atoms with Crippen molar-refractivity contribution in [3.05, 3.63) is 52.7 Å². The van der Waals surface area contributed by atoms with Crippen molar-refractivity contribution < 1.29 is 9.53 Å². The van der Waals surface area contributed by atoms with Crippen LogP contribution in [-0.4, -0.2) is 17.5 Å². The molecule has 0 aliphatic heterocycles. The fourth-order valence-corrected chi connectivity index (χ4v) is 1.83. The van der Waals surface area contributed by atoms with Crippen molar-refractivity contribution >= 4 is 23.3 Å². The van der Waals surface area contributed by atoms with Gasteiger partial charge in [0.15, 0.2) is 6.61 Å². The number of pyridine rings is 1. The molecule has 0 unspecified atom stereocenters. The molecule has 2 rings (SSSR count). The molecule has 0 aliphatic carbocycles. The van der Waals surface area contributed by atoms with E-state index in [1.807, 2.05) is 32.0 Å². The third-order valence-electron chi connectivity index (χ3n) is 2.69. The number of aryl methyl sites for hydroxylation is 2. The Morgan fingerprint density at radius 1 is 1.30 bits per heavy atom. The number of halogens is 1. The highest BCUT2D eigenvalue weighted by atomic mass is 35.5. The van der Waals surface area contributed by atoms with Crippen molar-refractivity contribution in [3.63, 3.8) is 0 Å². The number of anilines is 1. The van der Waals surface area contributed by atoms with Gasteiger partial charge in [-0.1, -0.05) is 29.8 Å². The normalized spacial score (nSPS) is 10.2. The average molecular weight is 291 g/mol. The Morgan fingerprint density at radius 2 is 2.10 bits per heavy atom. The van der Waals surface area contributed by atoms with Gasteiger partial charge in [-0.05, 0) is 43.2 Å². The number of nitrogens with zero attached hydrogens (tertiary/aromatic N) is 1. The topological polar surface area (TPSA) is 51.2 Å². The summed E-state index contributed by atoms with van der Waals surface area (Å²) in [6.45, 7) is 3.84. The highest BCUT2D eigenvalue weighted by Gasteiger charge is 2.06. The van der Waals surface area contributed by atoms with Crippen LogP contribution >= 0.6 is 11.6 Å². The number of nitrogens with one attached hydrogen (secondary N) is 1. The lowest BCUT2D eigenvalue weighted by Gasteiger charge is -2.10. The first-order valence-corrected chi connectivity index (χ1v) is 6.55. The van der Waals surface area contributed by atoms with Crippen LogP contribution in [0.4, 0.5) is 5.82 Å². The third kappa shape index (κ3) is 3.96. The van der Waals surface area contributed by atoms with Crippen molar-refractivity contribution in [1.82, 2.24) is 4.98 Å². The standard InChI is InChI=1S/C15H15ClN2O2/c1-10-6-7-11(2)12(8-10)20-9-15(19)18-14-5-3-4-13(16)17-14/h3-8H,9H2,1-2H3,(H,17,18,19). The molecule has 2 aromatic rings. The molecule has 0 bridgehead atoms. The fraction of sp³-hybridized carbons (Fsp3) is 0.200. The van der Waals surface area contributed by atoms with Crippen molar-refractivity contribution in [3.8, 4) is 5.75 Å². The van der Waals surface area contributed by atoms with E-state index in [-0.39, 0.29) is 12.5 Å². The summed E-state index contributed by atoms with van der Waals surface area (Å²) in [7, 11) is 0. The average Bonchev–Trinajstić information content (AvgIpc) is 2.40. The maximum Gasteiger partial charge on any atom is 0.263 e. The van der Waals surface area contributed by atoms with Gasteiger partial charge < -0.3 is 10.1 Å². The minimum absolute atomic E-state index is 0.0709. The molecule has 0 aliphatic rings. The Morgan fingerprint density at radius 3 is 2.85 bits per heavy atom. The smallest absolute Gasteiger partial charge is 0.263 e. The summed E-state index contributed by atoms with van der Waals surface area (Å²) in [6, 6.07) is 10.9. The Kier molecular flexibility index (Phi) is 4.58. The highest BCUT2D eigenvalue weighted by molar-refractivity contribution is 6.29. The number of hydrogen-bond acceptors (Lipinski definition) is 3. The van der Waals surface area contributed by atoms with Gasteiger partial charge in [0, 0.05) is 0 Å². The first-order chi connectivity index (χ1) is 9.54. The maximum absolute atomic E-state index is 11.8. The van der Waals surface area contributed by atoms with Crippen LogP contribution in [0.15, 0.2) is 36.4 Å². The van der Waals surface area contributed by atoms with Crippen LogP contribution in [-0.2, 0) is 4.79 Å². The first-order valence-electron chi connectivity index (χ1n) is 6.17. The number of carbonyl (C=O) groups is 1. The summed E-state index contributed by atoms with van der Waals surface area (Å²) in [5.74, 6) is 0.840. The lowest BCUT2D eigenvalue weighted by Crippen LogP contribution is -2.21. The second-order valence-corrected chi connectivity index (χ2v) is 4.84. The van der Waals surface area contributed by atoms with Gasteiger partial charge in [-0.3, -0.25) is 4.79 Å². The molecule has 0 saturated carbocycles. The molecule has 104 valence electrons. The van der Waals surface area contributed by atoms with Crippen LogP contribution in [0.3, 0.4) is 0 Å². The third-order valence-corrected chi connectivity index (χ3v) is 2.90. The van der Waals surface area contributed by atoms with Gasteiger partial charge in [-0.15, -0.1) is 0 Å². The number of carbonyl (C=O) groups excluding carboxylic acids is 1. The van der Waals surface area contributed by atoms with E-state index in [0.29, 0.717) is 16.7 Å². The summed E-state index contributed by atoms with van der Waals surface area (Å²) in [5.41, 5.74) is 2.08. The van der Waals surface area contributed by atoms with E-state index in [1.165, 1.54) is 0 Å². The molecule has 5 heteroatoms. The predicted octanol–water partition coefficient (Wildman–Crippen LogP) is 3.37. The molecule has 0 atom stereocenters. The van der Waals surface area contributed by atoms with Gasteiger partial charge in [0.05, 0.1) is 0 Å². The van der Waals surface area contributed by atoms with Gasteiger partial charge in [-0.25, -0.2) is 4.98 Å². The molecular formula is C15H15ClN2O2. The van der Waals surface area contributed by atoms with Crippen molar-refractivity contribution in [2.75, 3.05) is 11.9 Å². The summed E-state index contributed by atoms with van der Waals surface area (Å²) in [6.07, 6.45) is 0. The zero-order valence-corrected chi connectivity index (χ0v) is 12.1. The minimum Gasteiger partial charge on any atom is -0.483 e. The molecular weight excluding hydrogens is 276 g/mol. The van der Waals surface area contributed by atoms with Crippen LogP contribution < -0.4 is 10.1 Å². The van der Waals surface area contributed by atoms with Gasteiger partial charge in [0.25, 0.3) is 5.91 Å². The number of rotatable bonds is 4. The number of aromatic nitrogens is 1. The number of benzene rings is 1. The highest BCUT2D eigenvalue weighted by Crippen LogP contribution is 2.19. The summed E-state index contributed by atoms with van der Waals surface area (Å²) in [4.78, 5) is 15.8. The van der Waals surface area contributed by atoms with Crippen molar-refractivity contribution in [1.29, 1.82) is 0 Å². The summed E-state index contributed by atoms with van der Waals surface area (Å²) in [5, 5.41) is 2.96. The largest absolute Gasteiger partial charge is 0.483 e. The molecule has 1 N–H and O–H groups in total. The lowest BCUT2D eigenvalue weighted by atomic mass is 10.1. The number of amides is 1. The molecule has 0 fully saturated rings. The summed E-state index contributed by atoms with van der Waals surface area (Å²) < 4.78 is 5.51. The quantitative estimate of drug-likeness (QED) is 0.878. The fourth-order valence-electron chi connectivity index (χ4n) is 1.66. The van der Waals surface area contributed by atoms with Gasteiger partial charge >= 0.3 is 0 Å². The Balaban J connectivity index is 1.94. The van der Waals surface area contributed by atoms with Crippen LogP contribution in [0.25, 0.3) is 0 Å². The molecule has 0 spiro atoms. The number of hydrogen-bond donors (Lipinski definition) is 1. The van der Waals surface area contributed by atoms with E-state index in [1.54, 1.807) is 18.2 Å². The van der Waals surface area contributed by atoms with E-state index in [9.17, 15) is 4.79 Å². The zero-order valence-electron chi connectivity index (χ0n) is 11.3. The second-order valence-electron chi connectivity index (χ2n) is 4.45. The Bertz CT molecular complexity index is 629. The number of ether oxygens (including phenoxy) is 1. The Hall–Kier alpha value is -2.07. The molecule has 20 heavy (non-hydrogen) atoms. The predicted molar refractivity (Wildman–Crippen MR) is 79.3 cm³/mol. The minimum atomic E-state index is -0.277. The molecule has 0 radical (unpaired) electrons. The SMILES string of the molecule is Cc1ccc(C)c(OCC(=O)Nc2cccc(Cl)n2)c1. The zero-order chi connectivity index (χ0) is 14.5.